The number of anilines is 2. The Labute approximate surface area is 235 Å². The van der Waals surface area contributed by atoms with Crippen LogP contribution in [0.2, 0.25) is 0 Å². The number of nitrogens with zero attached hydrogens (tertiary/aromatic N) is 2. The molecular weight excluding hydrogens is 504 g/mol. The molecule has 0 aliphatic carbocycles. The molecule has 0 saturated heterocycles. The molecule has 0 unspecified atom stereocenters. The predicted octanol–water partition coefficient (Wildman–Crippen LogP) is 6.64. The first-order chi connectivity index (χ1) is 19.3. The molecule has 40 heavy (non-hydrogen) atoms. The fraction of sp³-hybridized carbons (Fsp3) is 0.303. The van der Waals surface area contributed by atoms with E-state index in [1.54, 1.807) is 30.0 Å². The zero-order valence-electron chi connectivity index (χ0n) is 23.3. The van der Waals surface area contributed by atoms with Crippen LogP contribution in [-0.4, -0.2) is 40.5 Å². The number of esters is 1. The fourth-order valence-corrected chi connectivity index (χ4v) is 4.96. The van der Waals surface area contributed by atoms with Crippen LogP contribution in [0.15, 0.2) is 79.0 Å². The van der Waals surface area contributed by atoms with Crippen molar-refractivity contribution in [1.29, 1.82) is 0 Å². The second kappa shape index (κ2) is 13.1. The van der Waals surface area contributed by atoms with Gasteiger partial charge in [0.05, 0.1) is 6.61 Å². The standard InChI is InChI=1S/C33H36N2O5/c1-4-40-32(38)13-8-18-34-21-29(28-11-5-6-12-30(28)34)33(39)25-9-7-10-27(20-25)35(22-31(36)37)26-16-14-24(15-17-26)19-23(2)3/h5-7,9-12,14-17,20-21,23H,4,8,13,18-19,22H2,1-3H3,(H,36,37). The van der Waals surface area contributed by atoms with Gasteiger partial charge >= 0.3 is 11.9 Å². The number of benzene rings is 3. The van der Waals surface area contributed by atoms with Gasteiger partial charge in [-0.2, -0.15) is 0 Å². The Balaban J connectivity index is 1.63. The van der Waals surface area contributed by atoms with E-state index < -0.39 is 5.97 Å². The highest BCUT2D eigenvalue weighted by atomic mass is 16.5. The molecule has 0 aliphatic heterocycles. The molecular formula is C33H36N2O5. The smallest absolute Gasteiger partial charge is 0.323 e. The molecule has 4 rings (SSSR count). The van der Waals surface area contributed by atoms with Crippen molar-refractivity contribution < 1.29 is 24.2 Å². The first kappa shape index (κ1) is 28.6. The average molecular weight is 541 g/mol. The summed E-state index contributed by atoms with van der Waals surface area (Å²) in [5.41, 5.74) is 4.52. The molecule has 0 spiro atoms. The van der Waals surface area contributed by atoms with Crippen molar-refractivity contribution in [2.75, 3.05) is 18.1 Å². The largest absolute Gasteiger partial charge is 0.480 e. The summed E-state index contributed by atoms with van der Waals surface area (Å²) >= 11 is 0. The van der Waals surface area contributed by atoms with Crippen molar-refractivity contribution in [3.63, 3.8) is 0 Å². The number of rotatable bonds is 13. The number of aliphatic carboxylic acids is 1. The van der Waals surface area contributed by atoms with Gasteiger partial charge in [-0.3, -0.25) is 14.4 Å². The summed E-state index contributed by atoms with van der Waals surface area (Å²) in [4.78, 5) is 39.1. The number of fused-ring (bicyclic) bond motifs is 1. The molecule has 0 bridgehead atoms. The number of aryl methyl sites for hydroxylation is 1. The predicted molar refractivity (Wildman–Crippen MR) is 157 cm³/mol. The number of para-hydroxylation sites is 1. The van der Waals surface area contributed by atoms with Crippen molar-refractivity contribution in [3.8, 4) is 0 Å². The normalized spacial score (nSPS) is 11.1. The Morgan fingerprint density at radius 3 is 2.40 bits per heavy atom. The maximum Gasteiger partial charge on any atom is 0.323 e. The van der Waals surface area contributed by atoms with Gasteiger partial charge in [-0.15, -0.1) is 0 Å². The van der Waals surface area contributed by atoms with Crippen LogP contribution in [-0.2, 0) is 27.3 Å². The van der Waals surface area contributed by atoms with Crippen molar-refractivity contribution in [1.82, 2.24) is 4.57 Å². The lowest BCUT2D eigenvalue weighted by atomic mass is 10.0. The second-order valence-electron chi connectivity index (χ2n) is 10.3. The lowest BCUT2D eigenvalue weighted by Gasteiger charge is -2.24. The highest BCUT2D eigenvalue weighted by Crippen LogP contribution is 2.29. The zero-order chi connectivity index (χ0) is 28.6. The fourth-order valence-electron chi connectivity index (χ4n) is 4.96. The number of carboxylic acid groups (broad SMARTS) is 1. The highest BCUT2D eigenvalue weighted by Gasteiger charge is 2.20. The van der Waals surface area contributed by atoms with Crippen molar-refractivity contribution in [3.05, 3.63) is 95.7 Å². The molecule has 1 heterocycles. The molecule has 0 atom stereocenters. The first-order valence-corrected chi connectivity index (χ1v) is 13.7. The third-order valence-corrected chi connectivity index (χ3v) is 6.72. The van der Waals surface area contributed by atoms with Gasteiger partial charge in [-0.25, -0.2) is 0 Å². The monoisotopic (exact) mass is 540 g/mol. The summed E-state index contributed by atoms with van der Waals surface area (Å²) in [6.45, 7) is 6.81. The number of carbonyl (C=O) groups is 3. The van der Waals surface area contributed by atoms with Gasteiger partial charge in [0.15, 0.2) is 5.78 Å². The summed E-state index contributed by atoms with van der Waals surface area (Å²) in [6, 6.07) is 22.7. The Hall–Kier alpha value is -4.39. The quantitative estimate of drug-likeness (QED) is 0.151. The van der Waals surface area contributed by atoms with Gasteiger partial charge in [-0.05, 0) is 61.6 Å². The molecule has 3 aromatic carbocycles. The van der Waals surface area contributed by atoms with Gasteiger partial charge < -0.3 is 19.3 Å². The van der Waals surface area contributed by atoms with Crippen LogP contribution in [0.1, 0.15) is 55.1 Å². The number of carboxylic acids is 1. The molecule has 4 aromatic rings. The molecule has 0 saturated carbocycles. The number of ketones is 1. The minimum absolute atomic E-state index is 0.148. The summed E-state index contributed by atoms with van der Waals surface area (Å²) in [6.07, 6.45) is 3.69. The van der Waals surface area contributed by atoms with Crippen LogP contribution in [0.25, 0.3) is 10.9 Å². The number of aromatic nitrogens is 1. The molecule has 1 aromatic heterocycles. The SMILES string of the molecule is CCOC(=O)CCCn1cc(C(=O)c2cccc(N(CC(=O)O)c3ccc(CC(C)C)cc3)c2)c2ccccc21. The van der Waals surface area contributed by atoms with Crippen LogP contribution in [0.4, 0.5) is 11.4 Å². The Morgan fingerprint density at radius 2 is 1.70 bits per heavy atom. The topological polar surface area (TPSA) is 88.8 Å². The van der Waals surface area contributed by atoms with E-state index >= 15 is 0 Å². The Morgan fingerprint density at radius 1 is 0.950 bits per heavy atom. The maximum atomic E-state index is 13.8. The van der Waals surface area contributed by atoms with E-state index in [0.29, 0.717) is 48.7 Å². The molecule has 0 aliphatic rings. The van der Waals surface area contributed by atoms with Gasteiger partial charge in [0, 0.05) is 52.6 Å². The zero-order valence-corrected chi connectivity index (χ0v) is 23.3. The summed E-state index contributed by atoms with van der Waals surface area (Å²) in [5.74, 6) is -0.821. The minimum Gasteiger partial charge on any atom is -0.480 e. The van der Waals surface area contributed by atoms with Crippen molar-refractivity contribution in [2.24, 2.45) is 5.92 Å². The van der Waals surface area contributed by atoms with Crippen LogP contribution < -0.4 is 4.90 Å². The molecule has 7 nitrogen and oxygen atoms in total. The molecule has 7 heteroatoms. The van der Waals surface area contributed by atoms with Crippen LogP contribution in [0.5, 0.6) is 0 Å². The minimum atomic E-state index is -0.964. The van der Waals surface area contributed by atoms with Gasteiger partial charge in [0.25, 0.3) is 0 Å². The van der Waals surface area contributed by atoms with E-state index in [1.807, 2.05) is 65.4 Å². The van der Waals surface area contributed by atoms with Crippen LogP contribution in [0, 0.1) is 5.92 Å². The maximum absolute atomic E-state index is 13.8. The summed E-state index contributed by atoms with van der Waals surface area (Å²) < 4.78 is 7.03. The molecule has 1 N–H and O–H groups in total. The van der Waals surface area contributed by atoms with E-state index in [1.165, 1.54) is 5.56 Å². The lowest BCUT2D eigenvalue weighted by Crippen LogP contribution is -2.25. The van der Waals surface area contributed by atoms with E-state index in [-0.39, 0.29) is 18.3 Å². The third kappa shape index (κ3) is 6.97. The van der Waals surface area contributed by atoms with Gasteiger partial charge in [0.1, 0.15) is 6.54 Å². The van der Waals surface area contributed by atoms with Crippen LogP contribution >= 0.6 is 0 Å². The number of carbonyl (C=O) groups excluding carboxylic acids is 2. The van der Waals surface area contributed by atoms with Gasteiger partial charge in [-0.1, -0.05) is 56.3 Å². The average Bonchev–Trinajstić information content (AvgIpc) is 3.30. The van der Waals surface area contributed by atoms with E-state index in [9.17, 15) is 19.5 Å². The lowest BCUT2D eigenvalue weighted by molar-refractivity contribution is -0.143. The van der Waals surface area contributed by atoms with E-state index in [2.05, 4.69) is 13.8 Å². The number of hydrogen-bond donors (Lipinski definition) is 1. The van der Waals surface area contributed by atoms with E-state index in [4.69, 9.17) is 4.74 Å². The highest BCUT2D eigenvalue weighted by molar-refractivity contribution is 6.16. The van der Waals surface area contributed by atoms with Crippen molar-refractivity contribution in [2.45, 2.75) is 46.6 Å². The number of hydrogen-bond acceptors (Lipinski definition) is 5. The Bertz CT molecular complexity index is 1490. The molecule has 208 valence electrons. The third-order valence-electron chi connectivity index (χ3n) is 6.72. The first-order valence-electron chi connectivity index (χ1n) is 13.7. The number of ether oxygens (including phenoxy) is 1. The van der Waals surface area contributed by atoms with Crippen LogP contribution in [0.3, 0.4) is 0 Å². The molecule has 0 fully saturated rings. The summed E-state index contributed by atoms with van der Waals surface area (Å²) in [7, 11) is 0. The Kier molecular flexibility index (Phi) is 9.38. The van der Waals surface area contributed by atoms with Crippen molar-refractivity contribution >= 4 is 40.0 Å². The second-order valence-corrected chi connectivity index (χ2v) is 10.3. The molecule has 0 radical (unpaired) electrons. The van der Waals surface area contributed by atoms with Gasteiger partial charge in [0.2, 0.25) is 0 Å². The van der Waals surface area contributed by atoms with E-state index in [0.717, 1.165) is 23.0 Å². The summed E-state index contributed by atoms with van der Waals surface area (Å²) in [5, 5.41) is 10.5. The molecule has 0 amide bonds.